The SMILES string of the molecule is Cc1cnn(CCn2c(CCl)nc3ccccc3c2=O)c1. The van der Waals surface area contributed by atoms with Gasteiger partial charge in [0.25, 0.3) is 5.56 Å². The number of para-hydroxylation sites is 1. The number of nitrogens with zero attached hydrogens (tertiary/aromatic N) is 4. The van der Waals surface area contributed by atoms with Crippen LogP contribution in [0.5, 0.6) is 0 Å². The number of aryl methyl sites for hydroxylation is 2. The van der Waals surface area contributed by atoms with Crippen molar-refractivity contribution >= 4 is 22.5 Å². The monoisotopic (exact) mass is 302 g/mol. The summed E-state index contributed by atoms with van der Waals surface area (Å²) in [5.41, 5.74) is 1.72. The zero-order valence-electron chi connectivity index (χ0n) is 11.7. The minimum absolute atomic E-state index is 0.0554. The van der Waals surface area contributed by atoms with Crippen molar-refractivity contribution in [1.29, 1.82) is 0 Å². The predicted molar refractivity (Wildman–Crippen MR) is 82.5 cm³/mol. The molecule has 0 bridgehead atoms. The molecule has 0 atom stereocenters. The Balaban J connectivity index is 2.00. The van der Waals surface area contributed by atoms with E-state index in [2.05, 4.69) is 10.1 Å². The van der Waals surface area contributed by atoms with E-state index in [4.69, 9.17) is 11.6 Å². The van der Waals surface area contributed by atoms with Gasteiger partial charge in [0.1, 0.15) is 5.82 Å². The molecule has 0 spiro atoms. The molecule has 0 unspecified atom stereocenters. The van der Waals surface area contributed by atoms with Crippen molar-refractivity contribution in [2.45, 2.75) is 25.9 Å². The summed E-state index contributed by atoms with van der Waals surface area (Å²) in [6.45, 7) is 3.09. The van der Waals surface area contributed by atoms with Crippen LogP contribution in [-0.2, 0) is 19.0 Å². The number of benzene rings is 1. The molecule has 21 heavy (non-hydrogen) atoms. The molecule has 2 heterocycles. The fraction of sp³-hybridized carbons (Fsp3) is 0.267. The lowest BCUT2D eigenvalue weighted by molar-refractivity contribution is 0.511. The van der Waals surface area contributed by atoms with E-state index in [0.29, 0.717) is 29.8 Å². The molecule has 0 fully saturated rings. The average molecular weight is 303 g/mol. The quantitative estimate of drug-likeness (QED) is 0.695. The van der Waals surface area contributed by atoms with Crippen molar-refractivity contribution in [2.24, 2.45) is 0 Å². The van der Waals surface area contributed by atoms with Gasteiger partial charge >= 0.3 is 0 Å². The van der Waals surface area contributed by atoms with Gasteiger partial charge in [-0.2, -0.15) is 5.10 Å². The zero-order chi connectivity index (χ0) is 14.8. The van der Waals surface area contributed by atoms with Gasteiger partial charge in [0.05, 0.1) is 29.5 Å². The molecule has 6 heteroatoms. The van der Waals surface area contributed by atoms with E-state index in [-0.39, 0.29) is 11.4 Å². The van der Waals surface area contributed by atoms with E-state index in [1.165, 1.54) is 0 Å². The first-order valence-corrected chi connectivity index (χ1v) is 7.26. The Morgan fingerprint density at radius 3 is 2.76 bits per heavy atom. The number of hydrogen-bond donors (Lipinski definition) is 0. The number of halogens is 1. The summed E-state index contributed by atoms with van der Waals surface area (Å²) in [5.74, 6) is 0.794. The molecule has 0 saturated heterocycles. The molecule has 0 aliphatic carbocycles. The van der Waals surface area contributed by atoms with Crippen molar-refractivity contribution in [2.75, 3.05) is 0 Å². The van der Waals surface area contributed by atoms with Crippen molar-refractivity contribution in [3.63, 3.8) is 0 Å². The maximum atomic E-state index is 12.6. The smallest absolute Gasteiger partial charge is 0.261 e. The number of aromatic nitrogens is 4. The highest BCUT2D eigenvalue weighted by molar-refractivity contribution is 6.16. The summed E-state index contributed by atoms with van der Waals surface area (Å²) in [6, 6.07) is 7.32. The Kier molecular flexibility index (Phi) is 3.75. The minimum Gasteiger partial charge on any atom is -0.293 e. The van der Waals surface area contributed by atoms with E-state index >= 15 is 0 Å². The van der Waals surface area contributed by atoms with E-state index in [0.717, 1.165) is 5.56 Å². The molecule has 0 saturated carbocycles. The van der Waals surface area contributed by atoms with E-state index in [9.17, 15) is 4.79 Å². The Labute approximate surface area is 126 Å². The van der Waals surface area contributed by atoms with E-state index < -0.39 is 0 Å². The molecule has 3 aromatic rings. The summed E-state index contributed by atoms with van der Waals surface area (Å²) >= 11 is 5.95. The van der Waals surface area contributed by atoms with Crippen LogP contribution in [0, 0.1) is 6.92 Å². The van der Waals surface area contributed by atoms with Crippen molar-refractivity contribution in [3.05, 3.63) is 58.4 Å². The third kappa shape index (κ3) is 2.69. The van der Waals surface area contributed by atoms with Gasteiger partial charge in [-0.3, -0.25) is 14.0 Å². The summed E-state index contributed by atoms with van der Waals surface area (Å²) in [5, 5.41) is 4.84. The van der Waals surface area contributed by atoms with Crippen molar-refractivity contribution in [1.82, 2.24) is 19.3 Å². The molecule has 2 aromatic heterocycles. The number of hydrogen-bond acceptors (Lipinski definition) is 3. The van der Waals surface area contributed by atoms with Gasteiger partial charge in [-0.15, -0.1) is 11.6 Å². The van der Waals surface area contributed by atoms with Gasteiger partial charge in [0.15, 0.2) is 0 Å². The number of rotatable bonds is 4. The van der Waals surface area contributed by atoms with Gasteiger partial charge in [-0.1, -0.05) is 12.1 Å². The Morgan fingerprint density at radius 2 is 2.05 bits per heavy atom. The van der Waals surface area contributed by atoms with Crippen LogP contribution in [0.25, 0.3) is 10.9 Å². The Hall–Kier alpha value is -2.14. The highest BCUT2D eigenvalue weighted by Gasteiger charge is 2.10. The van der Waals surface area contributed by atoms with Crippen LogP contribution in [0.4, 0.5) is 0 Å². The zero-order valence-corrected chi connectivity index (χ0v) is 12.4. The minimum atomic E-state index is -0.0554. The third-order valence-corrected chi connectivity index (χ3v) is 3.61. The standard InChI is InChI=1S/C15H15ClN4O/c1-11-9-17-19(10-11)6-7-20-14(8-16)18-13-5-3-2-4-12(13)15(20)21/h2-5,9-10H,6-8H2,1H3. The van der Waals surface area contributed by atoms with Gasteiger partial charge in [-0.05, 0) is 24.6 Å². The van der Waals surface area contributed by atoms with Crippen molar-refractivity contribution in [3.8, 4) is 0 Å². The fourth-order valence-corrected chi connectivity index (χ4v) is 2.54. The Morgan fingerprint density at radius 1 is 1.24 bits per heavy atom. The fourth-order valence-electron chi connectivity index (χ4n) is 2.34. The first-order chi connectivity index (χ1) is 10.2. The maximum Gasteiger partial charge on any atom is 0.261 e. The lowest BCUT2D eigenvalue weighted by Gasteiger charge is -2.11. The van der Waals surface area contributed by atoms with Gasteiger partial charge in [-0.25, -0.2) is 4.98 Å². The van der Waals surface area contributed by atoms with E-state index in [1.54, 1.807) is 16.8 Å². The van der Waals surface area contributed by atoms with Gasteiger partial charge in [0, 0.05) is 12.7 Å². The van der Waals surface area contributed by atoms with Gasteiger partial charge in [0.2, 0.25) is 0 Å². The molecule has 108 valence electrons. The lowest BCUT2D eigenvalue weighted by atomic mass is 10.2. The molecular weight excluding hydrogens is 288 g/mol. The maximum absolute atomic E-state index is 12.6. The molecule has 0 amide bonds. The second-order valence-corrected chi connectivity index (χ2v) is 5.18. The van der Waals surface area contributed by atoms with Crippen LogP contribution in [0.2, 0.25) is 0 Å². The largest absolute Gasteiger partial charge is 0.293 e. The highest BCUT2D eigenvalue weighted by Crippen LogP contribution is 2.09. The van der Waals surface area contributed by atoms with Crippen LogP contribution in [0.3, 0.4) is 0 Å². The topological polar surface area (TPSA) is 52.7 Å². The number of fused-ring (bicyclic) bond motifs is 1. The van der Waals surface area contributed by atoms with Crippen LogP contribution in [-0.4, -0.2) is 19.3 Å². The van der Waals surface area contributed by atoms with Crippen LogP contribution < -0.4 is 5.56 Å². The predicted octanol–water partition coefficient (Wildman–Crippen LogP) is 2.34. The first kappa shape index (κ1) is 13.8. The second-order valence-electron chi connectivity index (χ2n) is 4.92. The molecule has 5 nitrogen and oxygen atoms in total. The van der Waals surface area contributed by atoms with E-state index in [1.807, 2.05) is 36.0 Å². The summed E-state index contributed by atoms with van der Waals surface area (Å²) in [4.78, 5) is 17.0. The second kappa shape index (κ2) is 5.69. The normalized spacial score (nSPS) is 11.1. The first-order valence-electron chi connectivity index (χ1n) is 6.72. The Bertz CT molecular complexity index is 837. The molecule has 3 rings (SSSR count). The summed E-state index contributed by atoms with van der Waals surface area (Å²) in [7, 11) is 0. The summed E-state index contributed by atoms with van der Waals surface area (Å²) < 4.78 is 3.45. The molecule has 1 aromatic carbocycles. The lowest BCUT2D eigenvalue weighted by Crippen LogP contribution is -2.27. The van der Waals surface area contributed by atoms with Crippen molar-refractivity contribution < 1.29 is 0 Å². The third-order valence-electron chi connectivity index (χ3n) is 3.38. The van der Waals surface area contributed by atoms with Crippen LogP contribution >= 0.6 is 11.6 Å². The average Bonchev–Trinajstić information content (AvgIpc) is 2.91. The molecule has 0 aliphatic heterocycles. The molecular formula is C15H15ClN4O. The molecule has 0 N–H and O–H groups in total. The van der Waals surface area contributed by atoms with Crippen LogP contribution in [0.15, 0.2) is 41.5 Å². The molecule has 0 radical (unpaired) electrons. The van der Waals surface area contributed by atoms with Crippen LogP contribution in [0.1, 0.15) is 11.4 Å². The molecule has 0 aliphatic rings. The van der Waals surface area contributed by atoms with Gasteiger partial charge < -0.3 is 0 Å². The number of alkyl halides is 1. The highest BCUT2D eigenvalue weighted by atomic mass is 35.5. The summed E-state index contributed by atoms with van der Waals surface area (Å²) in [6.07, 6.45) is 3.74.